The molecule has 2 aromatic heterocycles. The van der Waals surface area contributed by atoms with Crippen LogP contribution in [0, 0.1) is 0 Å². The molecule has 0 bridgehead atoms. The molecular weight excluding hydrogens is 555 g/mol. The molecule has 0 unspecified atom stereocenters. The Bertz CT molecular complexity index is 1680. The van der Waals surface area contributed by atoms with Crippen molar-refractivity contribution in [3.05, 3.63) is 64.6 Å². The smallest absolute Gasteiger partial charge is 0.418 e. The van der Waals surface area contributed by atoms with Gasteiger partial charge in [-0.25, -0.2) is 0 Å². The van der Waals surface area contributed by atoms with Gasteiger partial charge in [0.05, 0.1) is 32.1 Å². The second-order valence-corrected chi connectivity index (χ2v) is 9.99. The molecule has 1 saturated heterocycles. The van der Waals surface area contributed by atoms with Crippen LogP contribution in [0.4, 0.5) is 18.9 Å². The summed E-state index contributed by atoms with van der Waals surface area (Å²) in [6, 6.07) is 10.0. The lowest BCUT2D eigenvalue weighted by atomic mass is 10.1. The number of benzene rings is 2. The van der Waals surface area contributed by atoms with Gasteiger partial charge in [0, 0.05) is 61.5 Å². The Morgan fingerprint density at radius 3 is 2.45 bits per heavy atom. The second-order valence-electron chi connectivity index (χ2n) is 9.99. The van der Waals surface area contributed by atoms with E-state index in [-0.39, 0.29) is 36.3 Å². The number of nitrogens with zero attached hydrogens (tertiary/aromatic N) is 4. The topological polar surface area (TPSA) is 111 Å². The molecule has 13 heteroatoms. The molecule has 0 saturated carbocycles. The zero-order valence-corrected chi connectivity index (χ0v) is 23.2. The van der Waals surface area contributed by atoms with Gasteiger partial charge in [0.2, 0.25) is 5.91 Å². The molecule has 0 radical (unpaired) electrons. The van der Waals surface area contributed by atoms with Crippen LogP contribution in [0.15, 0.2) is 53.5 Å². The maximum absolute atomic E-state index is 14.4. The third kappa shape index (κ3) is 5.51. The minimum atomic E-state index is -4.79. The van der Waals surface area contributed by atoms with E-state index in [1.54, 1.807) is 30.5 Å². The van der Waals surface area contributed by atoms with Gasteiger partial charge in [-0.3, -0.25) is 9.59 Å². The average Bonchev–Trinajstić information content (AvgIpc) is 3.60. The lowest BCUT2D eigenvalue weighted by molar-refractivity contribution is -0.137. The van der Waals surface area contributed by atoms with E-state index in [9.17, 15) is 27.9 Å². The van der Waals surface area contributed by atoms with Crippen LogP contribution in [0.3, 0.4) is 0 Å². The first-order chi connectivity index (χ1) is 20.0. The standard InChI is InChI=1S/C29H30F3N5O5/c1-17(39)33-19-6-8-36(16-19)20-4-5-24(29(30,31)32)25(14-20)37-28(40)27-23(7-9-35(27)10-11-38)26(34-37)18-12-21(41-2)15-22(13-18)42-3/h4-5,7,9,12-15,19,38H,6,8,10-11,16H2,1-3H3,(H,33,39)/t19-/m0/s1. The summed E-state index contributed by atoms with van der Waals surface area (Å²) >= 11 is 0. The fourth-order valence-corrected chi connectivity index (χ4v) is 5.35. The summed E-state index contributed by atoms with van der Waals surface area (Å²) in [5.74, 6) is 0.659. The molecule has 0 spiro atoms. The summed E-state index contributed by atoms with van der Waals surface area (Å²) in [4.78, 5) is 27.3. The van der Waals surface area contributed by atoms with E-state index in [0.717, 1.165) is 10.7 Å². The second kappa shape index (κ2) is 11.4. The Balaban J connectivity index is 1.76. The van der Waals surface area contributed by atoms with Crippen molar-refractivity contribution < 1.29 is 32.5 Å². The molecule has 4 aromatic rings. The minimum absolute atomic E-state index is 0.0497. The molecule has 10 nitrogen and oxygen atoms in total. The Morgan fingerprint density at radius 1 is 1.12 bits per heavy atom. The fraction of sp³-hybridized carbons (Fsp3) is 0.345. The number of carbonyl (C=O) groups excluding carboxylic acids is 1. The van der Waals surface area contributed by atoms with Gasteiger partial charge in [-0.15, -0.1) is 0 Å². The van der Waals surface area contributed by atoms with Crippen molar-refractivity contribution >= 4 is 22.5 Å². The molecule has 2 N–H and O–H groups in total. The van der Waals surface area contributed by atoms with Crippen molar-refractivity contribution in [1.29, 1.82) is 0 Å². The number of rotatable bonds is 8. The number of methoxy groups -OCH3 is 2. The molecule has 3 heterocycles. The van der Waals surface area contributed by atoms with Gasteiger partial charge in [-0.2, -0.15) is 23.0 Å². The monoisotopic (exact) mass is 585 g/mol. The van der Waals surface area contributed by atoms with Crippen LogP contribution in [0.25, 0.3) is 27.8 Å². The van der Waals surface area contributed by atoms with E-state index in [2.05, 4.69) is 10.4 Å². The lowest BCUT2D eigenvalue weighted by Gasteiger charge is -2.22. The summed E-state index contributed by atoms with van der Waals surface area (Å²) < 4.78 is 56.2. The number of alkyl halides is 3. The number of halogens is 3. The van der Waals surface area contributed by atoms with Gasteiger partial charge in [-0.1, -0.05) is 0 Å². The number of aromatic nitrogens is 3. The largest absolute Gasteiger partial charge is 0.497 e. The predicted octanol–water partition coefficient (Wildman–Crippen LogP) is 3.60. The first kappa shape index (κ1) is 29.0. The summed E-state index contributed by atoms with van der Waals surface area (Å²) in [6.45, 7) is 2.08. The SMILES string of the molecule is COc1cc(OC)cc(-c2nn(-c3cc(N4CC[C@H](NC(C)=O)C4)ccc3C(F)(F)F)c(=O)c3c2ccn3CCO)c1. The van der Waals surface area contributed by atoms with Crippen molar-refractivity contribution in [2.24, 2.45) is 0 Å². The Morgan fingerprint density at radius 2 is 1.83 bits per heavy atom. The number of hydrogen-bond donors (Lipinski definition) is 2. The quantitative estimate of drug-likeness (QED) is 0.325. The zero-order valence-electron chi connectivity index (χ0n) is 23.2. The molecule has 42 heavy (non-hydrogen) atoms. The highest BCUT2D eigenvalue weighted by Gasteiger charge is 2.36. The molecule has 1 fully saturated rings. The highest BCUT2D eigenvalue weighted by atomic mass is 19.4. The van der Waals surface area contributed by atoms with Crippen LogP contribution in [0.2, 0.25) is 0 Å². The van der Waals surface area contributed by atoms with E-state index >= 15 is 0 Å². The van der Waals surface area contributed by atoms with Crippen molar-refractivity contribution in [2.75, 3.05) is 38.8 Å². The van der Waals surface area contributed by atoms with Gasteiger partial charge in [0.15, 0.2) is 0 Å². The molecule has 1 atom stereocenters. The Labute approximate surface area is 238 Å². The molecule has 1 aliphatic rings. The van der Waals surface area contributed by atoms with Crippen molar-refractivity contribution in [1.82, 2.24) is 19.7 Å². The van der Waals surface area contributed by atoms with Gasteiger partial charge < -0.3 is 29.4 Å². The molecular formula is C29H30F3N5O5. The lowest BCUT2D eigenvalue weighted by Crippen LogP contribution is -2.35. The highest BCUT2D eigenvalue weighted by molar-refractivity contribution is 5.93. The number of aliphatic hydroxyl groups is 1. The molecule has 2 aromatic carbocycles. The third-order valence-electron chi connectivity index (χ3n) is 7.26. The molecule has 0 aliphatic carbocycles. The molecule has 1 aliphatic heterocycles. The first-order valence-electron chi connectivity index (χ1n) is 13.2. The number of hydrogen-bond acceptors (Lipinski definition) is 7. The van der Waals surface area contributed by atoms with E-state index in [1.165, 1.54) is 37.8 Å². The Kier molecular flexibility index (Phi) is 7.87. The number of nitrogens with one attached hydrogen (secondary N) is 1. The van der Waals surface area contributed by atoms with E-state index < -0.39 is 23.0 Å². The van der Waals surface area contributed by atoms with Crippen LogP contribution < -0.4 is 25.2 Å². The molecule has 5 rings (SSSR count). The zero-order chi connectivity index (χ0) is 30.2. The number of anilines is 1. The van der Waals surface area contributed by atoms with Crippen molar-refractivity contribution in [3.8, 4) is 28.4 Å². The Hall–Kier alpha value is -4.52. The number of fused-ring (bicyclic) bond motifs is 1. The first-order valence-corrected chi connectivity index (χ1v) is 13.2. The maximum Gasteiger partial charge on any atom is 0.418 e. The highest BCUT2D eigenvalue weighted by Crippen LogP contribution is 2.38. The van der Waals surface area contributed by atoms with Crippen LogP contribution in [0.1, 0.15) is 18.9 Å². The predicted molar refractivity (Wildman–Crippen MR) is 150 cm³/mol. The van der Waals surface area contributed by atoms with Gasteiger partial charge in [0.25, 0.3) is 5.56 Å². The summed E-state index contributed by atoms with van der Waals surface area (Å²) in [6.07, 6.45) is -2.58. The van der Waals surface area contributed by atoms with Crippen LogP contribution in [-0.2, 0) is 17.5 Å². The van der Waals surface area contributed by atoms with Crippen molar-refractivity contribution in [3.63, 3.8) is 0 Å². The van der Waals surface area contributed by atoms with Gasteiger partial charge in [0.1, 0.15) is 22.7 Å². The summed E-state index contributed by atoms with van der Waals surface area (Å²) in [5, 5.41) is 17.4. The molecule has 1 amide bonds. The van der Waals surface area contributed by atoms with Crippen LogP contribution in [0.5, 0.6) is 11.5 Å². The van der Waals surface area contributed by atoms with E-state index in [1.807, 2.05) is 4.90 Å². The van der Waals surface area contributed by atoms with Crippen LogP contribution in [-0.4, -0.2) is 65.3 Å². The normalized spacial score (nSPS) is 15.3. The molecule has 222 valence electrons. The van der Waals surface area contributed by atoms with Crippen molar-refractivity contribution in [2.45, 2.75) is 32.1 Å². The number of carbonyl (C=O) groups is 1. The third-order valence-corrected chi connectivity index (χ3v) is 7.26. The fourth-order valence-electron chi connectivity index (χ4n) is 5.35. The van der Waals surface area contributed by atoms with Crippen LogP contribution >= 0.6 is 0 Å². The van der Waals surface area contributed by atoms with E-state index in [0.29, 0.717) is 47.6 Å². The van der Waals surface area contributed by atoms with Gasteiger partial charge in [-0.05, 0) is 42.8 Å². The summed E-state index contributed by atoms with van der Waals surface area (Å²) in [7, 11) is 2.94. The number of amides is 1. The minimum Gasteiger partial charge on any atom is -0.497 e. The summed E-state index contributed by atoms with van der Waals surface area (Å²) in [5.41, 5.74) is -1.04. The van der Waals surface area contributed by atoms with Gasteiger partial charge >= 0.3 is 6.18 Å². The number of ether oxygens (including phenoxy) is 2. The van der Waals surface area contributed by atoms with E-state index in [4.69, 9.17) is 9.47 Å². The average molecular weight is 586 g/mol. The number of aliphatic hydroxyl groups excluding tert-OH is 1. The maximum atomic E-state index is 14.4.